The summed E-state index contributed by atoms with van der Waals surface area (Å²) in [6.45, 7) is 6.96. The van der Waals surface area contributed by atoms with E-state index in [0.717, 1.165) is 0 Å². The highest BCUT2D eigenvalue weighted by Gasteiger charge is 2.30. The van der Waals surface area contributed by atoms with Crippen LogP contribution in [0.3, 0.4) is 0 Å². The summed E-state index contributed by atoms with van der Waals surface area (Å²) in [7, 11) is 0. The van der Waals surface area contributed by atoms with E-state index in [4.69, 9.17) is 0 Å². The molecule has 0 saturated carbocycles. The number of hydrogen-bond acceptors (Lipinski definition) is 0. The normalized spacial score (nSPS) is 11.8. The molecule has 0 heterocycles. The second-order valence-electron chi connectivity index (χ2n) is 7.99. The third-order valence-electron chi connectivity index (χ3n) is 5.81. The zero-order valence-electron chi connectivity index (χ0n) is 17.4. The molecule has 0 fully saturated rings. The zero-order chi connectivity index (χ0) is 18.2. The first-order valence-electron chi connectivity index (χ1n) is 11.3. The Labute approximate surface area is 158 Å². The van der Waals surface area contributed by atoms with Crippen LogP contribution in [0.4, 0.5) is 0 Å². The first kappa shape index (κ1) is 22.3. The largest absolute Gasteiger partial charge is 0.0654 e. The summed E-state index contributed by atoms with van der Waals surface area (Å²) < 4.78 is 0. The van der Waals surface area contributed by atoms with Crippen molar-refractivity contribution in [2.24, 2.45) is 0 Å². The lowest BCUT2D eigenvalue weighted by Crippen LogP contribution is -2.26. The van der Waals surface area contributed by atoms with Gasteiger partial charge in [-0.15, -0.1) is 0 Å². The highest BCUT2D eigenvalue weighted by molar-refractivity contribution is 5.24. The monoisotopic (exact) mass is 343 g/mol. The first-order valence-corrected chi connectivity index (χ1v) is 11.3. The number of benzene rings is 1. The smallest absolute Gasteiger partial charge is 0.00408 e. The van der Waals surface area contributed by atoms with Crippen molar-refractivity contribution in [1.29, 1.82) is 0 Å². The maximum atomic E-state index is 3.60. The predicted octanol–water partition coefficient (Wildman–Crippen LogP) is 8.64. The van der Waals surface area contributed by atoms with E-state index in [1.165, 1.54) is 102 Å². The van der Waals surface area contributed by atoms with Crippen LogP contribution in [0.15, 0.2) is 24.3 Å². The average molecular weight is 344 g/mol. The van der Waals surface area contributed by atoms with Crippen LogP contribution in [0, 0.1) is 6.07 Å². The Morgan fingerprint density at radius 1 is 0.640 bits per heavy atom. The van der Waals surface area contributed by atoms with E-state index in [0.29, 0.717) is 5.41 Å². The van der Waals surface area contributed by atoms with E-state index in [1.807, 2.05) is 0 Å². The van der Waals surface area contributed by atoms with Crippen LogP contribution >= 0.6 is 0 Å². The quantitative estimate of drug-likeness (QED) is 0.263. The fourth-order valence-corrected chi connectivity index (χ4v) is 4.13. The molecule has 0 atom stereocenters. The van der Waals surface area contributed by atoms with Gasteiger partial charge in [-0.25, -0.2) is 0 Å². The van der Waals surface area contributed by atoms with Gasteiger partial charge < -0.3 is 0 Å². The lowest BCUT2D eigenvalue weighted by molar-refractivity contribution is 0.305. The molecule has 0 nitrogen and oxygen atoms in total. The van der Waals surface area contributed by atoms with E-state index in [-0.39, 0.29) is 0 Å². The molecule has 143 valence electrons. The summed E-state index contributed by atoms with van der Waals surface area (Å²) in [5.41, 5.74) is 1.87. The summed E-state index contributed by atoms with van der Waals surface area (Å²) in [6.07, 6.45) is 20.7. The average Bonchev–Trinajstić information content (AvgIpc) is 2.66. The van der Waals surface area contributed by atoms with Crippen LogP contribution in [0.5, 0.6) is 0 Å². The van der Waals surface area contributed by atoms with Crippen LogP contribution in [-0.2, 0) is 5.41 Å². The molecule has 0 N–H and O–H groups in total. The van der Waals surface area contributed by atoms with Crippen LogP contribution in [0.2, 0.25) is 0 Å². The second-order valence-corrected chi connectivity index (χ2v) is 7.99. The number of unbranched alkanes of at least 4 members (excludes halogenated alkanes) is 9. The molecule has 1 rings (SSSR count). The van der Waals surface area contributed by atoms with Crippen molar-refractivity contribution >= 4 is 0 Å². The first-order chi connectivity index (χ1) is 12.3. The Bertz CT molecular complexity index is 384. The number of rotatable bonds is 16. The Hall–Kier alpha value is -0.780. The molecule has 1 aromatic rings. The molecular weight excluding hydrogens is 300 g/mol. The molecule has 25 heavy (non-hydrogen) atoms. The fraction of sp³-hybridized carbons (Fsp3) is 0.760. The molecule has 0 aliphatic heterocycles. The van der Waals surface area contributed by atoms with E-state index < -0.39 is 0 Å². The Morgan fingerprint density at radius 2 is 1.16 bits per heavy atom. The van der Waals surface area contributed by atoms with Gasteiger partial charge in [0.05, 0.1) is 0 Å². The molecule has 0 heteroatoms. The summed E-state index contributed by atoms with van der Waals surface area (Å²) in [5.74, 6) is 0. The molecule has 1 aromatic carbocycles. The van der Waals surface area contributed by atoms with Gasteiger partial charge in [-0.1, -0.05) is 122 Å². The second kappa shape index (κ2) is 14.4. The van der Waals surface area contributed by atoms with Crippen LogP contribution in [-0.4, -0.2) is 0 Å². The minimum atomic E-state index is 0.384. The number of hydrogen-bond donors (Lipinski definition) is 0. The van der Waals surface area contributed by atoms with Gasteiger partial charge in [0.1, 0.15) is 0 Å². The molecule has 0 aromatic heterocycles. The third-order valence-corrected chi connectivity index (χ3v) is 5.81. The summed E-state index contributed by atoms with van der Waals surface area (Å²) in [5, 5.41) is 0. The Kier molecular flexibility index (Phi) is 12.8. The molecule has 0 spiro atoms. The zero-order valence-corrected chi connectivity index (χ0v) is 17.4. The SMILES string of the molecule is CCCCCCCCCCC(CCCC)(CCCC)c1[c]cccc1. The van der Waals surface area contributed by atoms with E-state index in [9.17, 15) is 0 Å². The highest BCUT2D eigenvalue weighted by atomic mass is 14.3. The Morgan fingerprint density at radius 3 is 1.68 bits per heavy atom. The maximum Gasteiger partial charge on any atom is -0.00408 e. The molecule has 0 saturated heterocycles. The molecule has 1 radical (unpaired) electrons. The van der Waals surface area contributed by atoms with E-state index >= 15 is 0 Å². The predicted molar refractivity (Wildman–Crippen MR) is 113 cm³/mol. The van der Waals surface area contributed by atoms with Gasteiger partial charge in [0, 0.05) is 0 Å². The van der Waals surface area contributed by atoms with E-state index in [2.05, 4.69) is 51.1 Å². The third kappa shape index (κ3) is 8.93. The van der Waals surface area contributed by atoms with Gasteiger partial charge in [-0.3, -0.25) is 0 Å². The van der Waals surface area contributed by atoms with Gasteiger partial charge in [0.15, 0.2) is 0 Å². The van der Waals surface area contributed by atoms with Gasteiger partial charge in [-0.05, 0) is 36.3 Å². The summed E-state index contributed by atoms with van der Waals surface area (Å²) in [4.78, 5) is 0. The lowest BCUT2D eigenvalue weighted by Gasteiger charge is -2.35. The van der Waals surface area contributed by atoms with Crippen LogP contribution < -0.4 is 0 Å². The fourth-order valence-electron chi connectivity index (χ4n) is 4.13. The molecule has 0 bridgehead atoms. The van der Waals surface area contributed by atoms with Gasteiger partial charge in [0.25, 0.3) is 0 Å². The van der Waals surface area contributed by atoms with Crippen molar-refractivity contribution in [3.8, 4) is 0 Å². The standard InChI is InChI=1S/C25H43/c1-4-7-10-11-12-13-14-18-23-25(21-8-5-2,22-9-6-3)24-19-16-15-17-20-24/h15-17,19H,4-14,18,21-23H2,1-3H3. The van der Waals surface area contributed by atoms with Gasteiger partial charge in [-0.2, -0.15) is 0 Å². The minimum Gasteiger partial charge on any atom is -0.0654 e. The van der Waals surface area contributed by atoms with Crippen LogP contribution in [0.1, 0.15) is 123 Å². The summed E-state index contributed by atoms with van der Waals surface area (Å²) in [6, 6.07) is 12.4. The van der Waals surface area contributed by atoms with E-state index in [1.54, 1.807) is 0 Å². The molecule has 0 amide bonds. The van der Waals surface area contributed by atoms with Gasteiger partial charge in [0.2, 0.25) is 0 Å². The van der Waals surface area contributed by atoms with Crippen LogP contribution in [0.25, 0.3) is 0 Å². The summed E-state index contributed by atoms with van der Waals surface area (Å²) >= 11 is 0. The molecular formula is C25H43. The van der Waals surface area contributed by atoms with Crippen molar-refractivity contribution < 1.29 is 0 Å². The molecule has 0 aliphatic carbocycles. The van der Waals surface area contributed by atoms with Crippen molar-refractivity contribution in [2.45, 2.75) is 122 Å². The Balaban J connectivity index is 2.57. The minimum absolute atomic E-state index is 0.384. The highest BCUT2D eigenvalue weighted by Crippen LogP contribution is 2.40. The van der Waals surface area contributed by atoms with Crippen molar-refractivity contribution in [3.05, 3.63) is 35.9 Å². The topological polar surface area (TPSA) is 0 Å². The molecule has 0 unspecified atom stereocenters. The molecule has 0 aliphatic rings. The maximum absolute atomic E-state index is 3.60. The van der Waals surface area contributed by atoms with Crippen molar-refractivity contribution in [1.82, 2.24) is 0 Å². The van der Waals surface area contributed by atoms with Crippen molar-refractivity contribution in [3.63, 3.8) is 0 Å². The lowest BCUT2D eigenvalue weighted by atomic mass is 9.69. The van der Waals surface area contributed by atoms with Gasteiger partial charge >= 0.3 is 0 Å². The van der Waals surface area contributed by atoms with Crippen molar-refractivity contribution in [2.75, 3.05) is 0 Å².